The molecule has 2 aliphatic rings. The molecule has 6 heteroatoms. The summed E-state index contributed by atoms with van der Waals surface area (Å²) in [4.78, 5) is 3.80. The van der Waals surface area contributed by atoms with Crippen LogP contribution in [-0.4, -0.2) is 16.1 Å². The van der Waals surface area contributed by atoms with Crippen LogP contribution in [0.3, 0.4) is 0 Å². The molecule has 17 heavy (non-hydrogen) atoms. The zero-order valence-corrected chi connectivity index (χ0v) is 9.35. The molecule has 0 unspecified atom stereocenters. The van der Waals surface area contributed by atoms with Crippen LogP contribution in [0, 0.1) is 0 Å². The van der Waals surface area contributed by atoms with Gasteiger partial charge in [-0.2, -0.15) is 13.2 Å². The highest BCUT2D eigenvalue weighted by atomic mass is 19.4. The van der Waals surface area contributed by atoms with Crippen LogP contribution in [0.4, 0.5) is 13.2 Å². The van der Waals surface area contributed by atoms with E-state index >= 15 is 0 Å². The maximum absolute atomic E-state index is 13.0. The summed E-state index contributed by atoms with van der Waals surface area (Å²) in [5.41, 5.74) is 1.37. The van der Waals surface area contributed by atoms with Crippen LogP contribution < -0.4 is 5.32 Å². The standard InChI is InChI=1S/C11H14F3N3/c12-11(13,14)10-16-8-6-15-5-4-9(8)17(10)7-2-1-3-7/h7,15H,1-6H2. The van der Waals surface area contributed by atoms with Crippen molar-refractivity contribution in [3.8, 4) is 0 Å². The van der Waals surface area contributed by atoms with Gasteiger partial charge in [-0.15, -0.1) is 0 Å². The third-order valence-corrected chi connectivity index (χ3v) is 3.62. The molecule has 1 N–H and O–H groups in total. The van der Waals surface area contributed by atoms with Gasteiger partial charge in [0, 0.05) is 31.2 Å². The van der Waals surface area contributed by atoms with E-state index in [1.807, 2.05) is 0 Å². The van der Waals surface area contributed by atoms with Crippen molar-refractivity contribution in [3.63, 3.8) is 0 Å². The molecule has 1 aliphatic carbocycles. The van der Waals surface area contributed by atoms with E-state index in [2.05, 4.69) is 10.3 Å². The number of halogens is 3. The van der Waals surface area contributed by atoms with Gasteiger partial charge in [0.05, 0.1) is 5.69 Å². The van der Waals surface area contributed by atoms with Crippen LogP contribution in [-0.2, 0) is 19.1 Å². The second kappa shape index (κ2) is 3.73. The first-order chi connectivity index (χ1) is 8.07. The molecule has 2 heterocycles. The minimum absolute atomic E-state index is 0.0148. The first-order valence-corrected chi connectivity index (χ1v) is 5.95. The van der Waals surface area contributed by atoms with Crippen molar-refractivity contribution >= 4 is 0 Å². The molecule has 0 spiro atoms. The Balaban J connectivity index is 2.10. The van der Waals surface area contributed by atoms with E-state index < -0.39 is 12.0 Å². The zero-order valence-electron chi connectivity index (χ0n) is 9.35. The topological polar surface area (TPSA) is 29.9 Å². The molecular weight excluding hydrogens is 231 g/mol. The first kappa shape index (κ1) is 11.1. The summed E-state index contributed by atoms with van der Waals surface area (Å²) in [5.74, 6) is -0.698. The number of hydrogen-bond donors (Lipinski definition) is 1. The molecule has 1 aliphatic heterocycles. The normalized spacial score (nSPS) is 21.1. The van der Waals surface area contributed by atoms with Crippen molar-refractivity contribution in [2.24, 2.45) is 0 Å². The Bertz CT molecular complexity index is 432. The molecule has 1 aromatic rings. The summed E-state index contributed by atoms with van der Waals surface area (Å²) in [7, 11) is 0. The van der Waals surface area contributed by atoms with Gasteiger partial charge in [-0.3, -0.25) is 0 Å². The SMILES string of the molecule is FC(F)(F)c1nc2c(n1C1CCC1)CCNC2. The number of aromatic nitrogens is 2. The van der Waals surface area contributed by atoms with E-state index in [-0.39, 0.29) is 6.04 Å². The predicted molar refractivity (Wildman–Crippen MR) is 55.5 cm³/mol. The van der Waals surface area contributed by atoms with Crippen molar-refractivity contribution in [1.82, 2.24) is 14.9 Å². The van der Waals surface area contributed by atoms with Gasteiger partial charge in [-0.1, -0.05) is 0 Å². The Hall–Kier alpha value is -1.04. The van der Waals surface area contributed by atoms with E-state index in [1.54, 1.807) is 0 Å². The lowest BCUT2D eigenvalue weighted by molar-refractivity contribution is -0.148. The molecular formula is C11H14F3N3. The van der Waals surface area contributed by atoms with Gasteiger partial charge < -0.3 is 9.88 Å². The van der Waals surface area contributed by atoms with Gasteiger partial charge in [-0.25, -0.2) is 4.98 Å². The highest BCUT2D eigenvalue weighted by molar-refractivity contribution is 5.23. The Labute approximate surface area is 97.0 Å². The number of nitrogens with one attached hydrogen (secondary N) is 1. The van der Waals surface area contributed by atoms with E-state index in [4.69, 9.17) is 0 Å². The fraction of sp³-hybridized carbons (Fsp3) is 0.727. The predicted octanol–water partition coefficient (Wildman–Crippen LogP) is 2.27. The van der Waals surface area contributed by atoms with Gasteiger partial charge in [0.1, 0.15) is 0 Å². The lowest BCUT2D eigenvalue weighted by Gasteiger charge is -2.31. The van der Waals surface area contributed by atoms with Crippen LogP contribution in [0.25, 0.3) is 0 Å². The summed E-state index contributed by atoms with van der Waals surface area (Å²) in [6.07, 6.45) is -0.979. The number of nitrogens with zero attached hydrogens (tertiary/aromatic N) is 2. The van der Waals surface area contributed by atoms with Gasteiger partial charge in [-0.05, 0) is 19.3 Å². The molecule has 0 saturated heterocycles. The van der Waals surface area contributed by atoms with Crippen molar-refractivity contribution in [3.05, 3.63) is 17.2 Å². The molecule has 0 amide bonds. The number of alkyl halides is 3. The van der Waals surface area contributed by atoms with Crippen molar-refractivity contribution in [1.29, 1.82) is 0 Å². The van der Waals surface area contributed by atoms with Crippen LogP contribution in [0.5, 0.6) is 0 Å². The van der Waals surface area contributed by atoms with Gasteiger partial charge in [0.2, 0.25) is 5.82 Å². The number of imidazole rings is 1. The third kappa shape index (κ3) is 1.74. The number of hydrogen-bond acceptors (Lipinski definition) is 2. The Morgan fingerprint density at radius 3 is 2.65 bits per heavy atom. The van der Waals surface area contributed by atoms with Crippen LogP contribution >= 0.6 is 0 Å². The molecule has 1 aromatic heterocycles. The van der Waals surface area contributed by atoms with Crippen molar-refractivity contribution in [2.75, 3.05) is 6.54 Å². The Kier molecular flexibility index (Phi) is 2.43. The van der Waals surface area contributed by atoms with E-state index in [0.29, 0.717) is 18.7 Å². The maximum atomic E-state index is 13.0. The Morgan fingerprint density at radius 2 is 2.06 bits per heavy atom. The van der Waals surface area contributed by atoms with Crippen LogP contribution in [0.15, 0.2) is 0 Å². The fourth-order valence-corrected chi connectivity index (χ4v) is 2.57. The monoisotopic (exact) mass is 245 g/mol. The summed E-state index contributed by atoms with van der Waals surface area (Å²) < 4.78 is 40.3. The van der Waals surface area contributed by atoms with E-state index in [1.165, 1.54) is 4.57 Å². The molecule has 1 fully saturated rings. The molecule has 0 aromatic carbocycles. The molecule has 3 rings (SSSR count). The lowest BCUT2D eigenvalue weighted by atomic mass is 9.92. The van der Waals surface area contributed by atoms with Gasteiger partial charge in [0.15, 0.2) is 0 Å². The van der Waals surface area contributed by atoms with Crippen molar-refractivity contribution < 1.29 is 13.2 Å². The largest absolute Gasteiger partial charge is 0.449 e. The second-order valence-electron chi connectivity index (χ2n) is 4.71. The highest BCUT2D eigenvalue weighted by Crippen LogP contribution is 2.40. The minimum atomic E-state index is -4.34. The van der Waals surface area contributed by atoms with Gasteiger partial charge in [0.25, 0.3) is 0 Å². The number of fused-ring (bicyclic) bond motifs is 1. The molecule has 94 valence electrons. The van der Waals surface area contributed by atoms with Crippen LogP contribution in [0.2, 0.25) is 0 Å². The van der Waals surface area contributed by atoms with Gasteiger partial charge >= 0.3 is 6.18 Å². The smallest absolute Gasteiger partial charge is 0.321 e. The maximum Gasteiger partial charge on any atom is 0.449 e. The average molecular weight is 245 g/mol. The molecule has 0 radical (unpaired) electrons. The zero-order chi connectivity index (χ0) is 12.0. The lowest BCUT2D eigenvalue weighted by Crippen LogP contribution is -2.29. The quantitative estimate of drug-likeness (QED) is 0.822. The average Bonchev–Trinajstić information content (AvgIpc) is 2.55. The first-order valence-electron chi connectivity index (χ1n) is 5.95. The minimum Gasteiger partial charge on any atom is -0.321 e. The summed E-state index contributed by atoms with van der Waals surface area (Å²) in [5, 5.41) is 3.06. The summed E-state index contributed by atoms with van der Waals surface area (Å²) >= 11 is 0. The van der Waals surface area contributed by atoms with Crippen molar-refractivity contribution in [2.45, 2.75) is 44.4 Å². The molecule has 1 saturated carbocycles. The third-order valence-electron chi connectivity index (χ3n) is 3.62. The Morgan fingerprint density at radius 1 is 1.29 bits per heavy atom. The van der Waals surface area contributed by atoms with Crippen LogP contribution in [0.1, 0.15) is 42.5 Å². The molecule has 0 atom stereocenters. The molecule has 0 bridgehead atoms. The summed E-state index contributed by atoms with van der Waals surface area (Å²) in [6.45, 7) is 1.20. The highest BCUT2D eigenvalue weighted by Gasteiger charge is 2.41. The number of rotatable bonds is 1. The molecule has 3 nitrogen and oxygen atoms in total. The summed E-state index contributed by atoms with van der Waals surface area (Å²) in [6, 6.07) is 0.0148. The second-order valence-corrected chi connectivity index (χ2v) is 4.71. The van der Waals surface area contributed by atoms with E-state index in [0.717, 1.165) is 31.5 Å². The van der Waals surface area contributed by atoms with E-state index in [9.17, 15) is 13.2 Å². The fourth-order valence-electron chi connectivity index (χ4n) is 2.57.